The van der Waals surface area contributed by atoms with Crippen molar-refractivity contribution in [3.8, 4) is 17.3 Å². The molecule has 1 fully saturated rings. The maximum atomic E-state index is 13.0. The third-order valence-corrected chi connectivity index (χ3v) is 5.18. The highest BCUT2D eigenvalue weighted by Crippen LogP contribution is 2.36. The van der Waals surface area contributed by atoms with Crippen LogP contribution in [-0.2, 0) is 0 Å². The van der Waals surface area contributed by atoms with Gasteiger partial charge in [0.25, 0.3) is 5.89 Å². The fourth-order valence-electron chi connectivity index (χ4n) is 3.72. The molecule has 184 valence electrons. The van der Waals surface area contributed by atoms with Crippen molar-refractivity contribution in [2.45, 2.75) is 50.9 Å². The summed E-state index contributed by atoms with van der Waals surface area (Å²) in [6.45, 7) is 0.109. The van der Waals surface area contributed by atoms with E-state index in [2.05, 4.69) is 30.6 Å². The van der Waals surface area contributed by atoms with E-state index in [0.717, 1.165) is 6.07 Å². The van der Waals surface area contributed by atoms with Crippen LogP contribution in [-0.4, -0.2) is 51.5 Å². The lowest BCUT2D eigenvalue weighted by Crippen LogP contribution is -2.21. The first-order chi connectivity index (χ1) is 15.9. The van der Waals surface area contributed by atoms with Crippen LogP contribution in [0.15, 0.2) is 22.6 Å². The summed E-state index contributed by atoms with van der Waals surface area (Å²) in [5, 5.41) is 22.5. The summed E-state index contributed by atoms with van der Waals surface area (Å²) in [5.41, 5.74) is -0.00407. The molecule has 1 saturated carbocycles. The summed E-state index contributed by atoms with van der Waals surface area (Å²) in [6, 6.07) is 3.51. The molecule has 1 aliphatic rings. The molecule has 0 amide bonds. The molecule has 1 aromatic carbocycles. The maximum absolute atomic E-state index is 13.0. The number of anilines is 2. The number of rotatable bonds is 6. The Bertz CT molecular complexity index is 1180. The average molecular weight is 491 g/mol. The average Bonchev–Trinajstić information content (AvgIpc) is 3.34. The second-order valence-corrected chi connectivity index (χ2v) is 7.93. The molecule has 0 saturated heterocycles. The monoisotopic (exact) mass is 491 g/mol. The van der Waals surface area contributed by atoms with Gasteiger partial charge in [0.2, 0.25) is 0 Å². The highest BCUT2D eigenvalue weighted by Gasteiger charge is 2.33. The van der Waals surface area contributed by atoms with Crippen LogP contribution in [0.4, 0.5) is 38.0 Å². The molecule has 34 heavy (non-hydrogen) atoms. The number of halogens is 6. The normalized spacial score (nSPS) is 18.9. The van der Waals surface area contributed by atoms with Gasteiger partial charge < -0.3 is 24.9 Å². The molecule has 0 bridgehead atoms. The quantitative estimate of drug-likeness (QED) is 0.423. The van der Waals surface area contributed by atoms with E-state index in [1.165, 1.54) is 12.1 Å². The first-order valence-corrected chi connectivity index (χ1v) is 10.2. The summed E-state index contributed by atoms with van der Waals surface area (Å²) >= 11 is 0. The molecule has 2 heterocycles. The van der Waals surface area contributed by atoms with Gasteiger partial charge >= 0.3 is 18.6 Å². The van der Waals surface area contributed by atoms with Crippen LogP contribution in [0.25, 0.3) is 22.5 Å². The fraction of sp³-hybridized carbons (Fsp3) is 0.450. The highest BCUT2D eigenvalue weighted by molar-refractivity contribution is 5.92. The Morgan fingerprint density at radius 3 is 2.53 bits per heavy atom. The van der Waals surface area contributed by atoms with Gasteiger partial charge in [-0.05, 0) is 43.9 Å². The van der Waals surface area contributed by atoms with Gasteiger partial charge in [0.15, 0.2) is 5.75 Å². The SMILES string of the molecule is Cc1cc(-c2nnc(NC3CCC(O)C3)o2)nc2c(OC(F)(F)F)cc(NCC(F)(F)F)cc12. The van der Waals surface area contributed by atoms with Crippen LogP contribution in [0.5, 0.6) is 5.75 Å². The minimum atomic E-state index is -5.10. The summed E-state index contributed by atoms with van der Waals surface area (Å²) in [4.78, 5) is 4.16. The molecule has 0 radical (unpaired) electrons. The summed E-state index contributed by atoms with van der Waals surface area (Å²) in [5.74, 6) is -0.860. The fourth-order valence-corrected chi connectivity index (χ4v) is 3.72. The number of aliphatic hydroxyl groups is 1. The molecule has 8 nitrogen and oxygen atoms in total. The molecular weight excluding hydrogens is 472 g/mol. The van der Waals surface area contributed by atoms with Gasteiger partial charge in [0, 0.05) is 23.2 Å². The van der Waals surface area contributed by atoms with Gasteiger partial charge in [-0.2, -0.15) is 13.2 Å². The number of pyridine rings is 1. The molecule has 2 unspecified atom stereocenters. The van der Waals surface area contributed by atoms with Gasteiger partial charge in [-0.1, -0.05) is 5.10 Å². The minimum absolute atomic E-state index is 0.0556. The molecule has 2 atom stereocenters. The number of nitrogens with one attached hydrogen (secondary N) is 2. The number of aliphatic hydroxyl groups excluding tert-OH is 1. The number of hydrogen-bond donors (Lipinski definition) is 3. The Kier molecular flexibility index (Phi) is 6.18. The van der Waals surface area contributed by atoms with Gasteiger partial charge in [-0.15, -0.1) is 18.3 Å². The number of aromatic nitrogens is 3. The third kappa shape index (κ3) is 5.79. The van der Waals surface area contributed by atoms with E-state index in [1.807, 2.05) is 0 Å². The van der Waals surface area contributed by atoms with Crippen molar-refractivity contribution < 1.29 is 40.6 Å². The largest absolute Gasteiger partial charge is 0.573 e. The minimum Gasteiger partial charge on any atom is -0.403 e. The summed E-state index contributed by atoms with van der Waals surface area (Å²) in [6.07, 6.45) is -8.26. The number of alkyl halides is 6. The van der Waals surface area contributed by atoms with E-state index in [9.17, 15) is 31.4 Å². The van der Waals surface area contributed by atoms with Crippen molar-refractivity contribution in [1.82, 2.24) is 15.2 Å². The van der Waals surface area contributed by atoms with E-state index in [1.54, 1.807) is 6.92 Å². The van der Waals surface area contributed by atoms with Gasteiger partial charge in [0.05, 0.1) is 6.10 Å². The van der Waals surface area contributed by atoms with Gasteiger partial charge in [-0.3, -0.25) is 0 Å². The van der Waals surface area contributed by atoms with Crippen LogP contribution < -0.4 is 15.4 Å². The van der Waals surface area contributed by atoms with Crippen LogP contribution in [0, 0.1) is 6.92 Å². The van der Waals surface area contributed by atoms with Crippen molar-refractivity contribution in [3.63, 3.8) is 0 Å². The van der Waals surface area contributed by atoms with Gasteiger partial charge in [-0.25, -0.2) is 4.98 Å². The second-order valence-electron chi connectivity index (χ2n) is 7.93. The first-order valence-electron chi connectivity index (χ1n) is 10.2. The van der Waals surface area contributed by atoms with E-state index in [4.69, 9.17) is 4.42 Å². The van der Waals surface area contributed by atoms with Crippen molar-refractivity contribution in [2.24, 2.45) is 0 Å². The Balaban J connectivity index is 1.69. The predicted molar refractivity (Wildman–Crippen MR) is 108 cm³/mol. The van der Waals surface area contributed by atoms with Crippen molar-refractivity contribution in [2.75, 3.05) is 17.2 Å². The number of fused-ring (bicyclic) bond motifs is 1. The van der Waals surface area contributed by atoms with Crippen molar-refractivity contribution >= 4 is 22.6 Å². The van der Waals surface area contributed by atoms with E-state index >= 15 is 0 Å². The Morgan fingerprint density at radius 2 is 1.88 bits per heavy atom. The molecule has 4 rings (SSSR count). The molecule has 2 aromatic heterocycles. The van der Waals surface area contributed by atoms with Crippen molar-refractivity contribution in [3.05, 3.63) is 23.8 Å². The Hall–Kier alpha value is -3.29. The molecule has 1 aliphatic carbocycles. The van der Waals surface area contributed by atoms with Crippen molar-refractivity contribution in [1.29, 1.82) is 0 Å². The maximum Gasteiger partial charge on any atom is 0.573 e. The number of ether oxygens (including phenoxy) is 1. The Labute approximate surface area is 188 Å². The molecule has 0 aliphatic heterocycles. The Morgan fingerprint density at radius 1 is 1.12 bits per heavy atom. The zero-order valence-electron chi connectivity index (χ0n) is 17.6. The summed E-state index contributed by atoms with van der Waals surface area (Å²) < 4.78 is 86.3. The molecular formula is C20H19F6N5O3. The lowest BCUT2D eigenvalue weighted by atomic mass is 10.1. The van der Waals surface area contributed by atoms with Crippen LogP contribution >= 0.6 is 0 Å². The smallest absolute Gasteiger partial charge is 0.403 e. The molecule has 0 spiro atoms. The highest BCUT2D eigenvalue weighted by atomic mass is 19.4. The molecule has 3 aromatic rings. The molecule has 3 N–H and O–H groups in total. The number of aryl methyl sites for hydroxylation is 1. The van der Waals surface area contributed by atoms with E-state index in [-0.39, 0.29) is 40.2 Å². The van der Waals surface area contributed by atoms with E-state index < -0.39 is 30.9 Å². The second kappa shape index (κ2) is 8.81. The lowest BCUT2D eigenvalue weighted by molar-refractivity contribution is -0.274. The standard InChI is InChI=1S/C20H19F6N5O3/c1-9-4-14(17-30-31-18(33-17)28-10-2-3-12(32)5-10)29-16-13(9)6-11(27-8-19(21,22)23)7-15(16)34-20(24,25)26/h4,6-7,10,12,27,32H,2-3,5,8H2,1H3,(H,28,31). The topological polar surface area (TPSA) is 105 Å². The zero-order chi connectivity index (χ0) is 24.7. The van der Waals surface area contributed by atoms with Crippen LogP contribution in [0.2, 0.25) is 0 Å². The lowest BCUT2D eigenvalue weighted by Gasteiger charge is -2.16. The third-order valence-electron chi connectivity index (χ3n) is 5.18. The number of benzene rings is 1. The molecule has 14 heteroatoms. The predicted octanol–water partition coefficient (Wildman–Crippen LogP) is 4.79. The zero-order valence-corrected chi connectivity index (χ0v) is 17.6. The van der Waals surface area contributed by atoms with Crippen LogP contribution in [0.1, 0.15) is 24.8 Å². The number of hydrogen-bond acceptors (Lipinski definition) is 8. The van der Waals surface area contributed by atoms with Crippen LogP contribution in [0.3, 0.4) is 0 Å². The first kappa shape index (κ1) is 23.9. The summed E-state index contributed by atoms with van der Waals surface area (Å²) in [7, 11) is 0. The number of nitrogens with zero attached hydrogens (tertiary/aromatic N) is 3. The van der Waals surface area contributed by atoms with E-state index in [0.29, 0.717) is 24.8 Å². The van der Waals surface area contributed by atoms with Gasteiger partial charge in [0.1, 0.15) is 17.8 Å².